The van der Waals surface area contributed by atoms with Crippen LogP contribution in [0.5, 0.6) is 0 Å². The summed E-state index contributed by atoms with van der Waals surface area (Å²) in [4.78, 5) is 7.67. The minimum Gasteiger partial charge on any atom is -0.357 e. The maximum Gasteiger partial charge on any atom is 0.238 e. The van der Waals surface area contributed by atoms with Crippen molar-refractivity contribution in [2.45, 2.75) is 4.90 Å². The lowest BCUT2D eigenvalue weighted by molar-refractivity contribution is 0.597. The lowest BCUT2D eigenvalue weighted by Gasteiger charge is -2.09. The van der Waals surface area contributed by atoms with Crippen molar-refractivity contribution >= 4 is 27.6 Å². The van der Waals surface area contributed by atoms with Gasteiger partial charge in [0.2, 0.25) is 16.0 Å². The number of aromatic nitrogens is 2. The molecule has 20 heavy (non-hydrogen) atoms. The molecule has 0 amide bonds. The zero-order valence-electron chi connectivity index (χ0n) is 10.3. The smallest absolute Gasteiger partial charge is 0.238 e. The topological polar surface area (TPSA) is 98.0 Å². The van der Waals surface area contributed by atoms with Gasteiger partial charge in [0.1, 0.15) is 11.0 Å². The van der Waals surface area contributed by atoms with Gasteiger partial charge in [0.15, 0.2) is 0 Å². The second kappa shape index (κ2) is 5.31. The van der Waals surface area contributed by atoms with Gasteiger partial charge in [0, 0.05) is 18.7 Å². The highest BCUT2D eigenvalue weighted by atomic mass is 35.5. The van der Waals surface area contributed by atoms with Crippen molar-refractivity contribution in [3.63, 3.8) is 0 Å². The van der Waals surface area contributed by atoms with Crippen LogP contribution >= 0.6 is 11.6 Å². The normalized spacial score (nSPS) is 11.4. The van der Waals surface area contributed by atoms with Crippen LogP contribution in [0.3, 0.4) is 0 Å². The van der Waals surface area contributed by atoms with Crippen molar-refractivity contribution in [2.24, 2.45) is 5.14 Å². The molecule has 0 aliphatic rings. The van der Waals surface area contributed by atoms with Gasteiger partial charge in [-0.15, -0.1) is 0 Å². The number of nitrogens with zero attached hydrogens (tertiary/aromatic N) is 2. The summed E-state index contributed by atoms with van der Waals surface area (Å²) < 4.78 is 36.5. The molecule has 0 bridgehead atoms. The van der Waals surface area contributed by atoms with Gasteiger partial charge in [-0.2, -0.15) is 0 Å². The summed E-state index contributed by atoms with van der Waals surface area (Å²) in [7, 11) is -2.45. The molecule has 0 atom stereocenters. The number of primary sulfonamides is 1. The lowest BCUT2D eigenvalue weighted by atomic mass is 10.1. The minimum atomic E-state index is -4.02. The molecule has 0 spiro atoms. The molecule has 0 radical (unpaired) electrons. The largest absolute Gasteiger partial charge is 0.357 e. The highest BCUT2D eigenvalue weighted by molar-refractivity contribution is 7.89. The number of benzene rings is 1. The van der Waals surface area contributed by atoms with Crippen LogP contribution in [0.2, 0.25) is 5.15 Å². The van der Waals surface area contributed by atoms with Gasteiger partial charge in [-0.1, -0.05) is 11.6 Å². The number of hydrogen-bond acceptors (Lipinski definition) is 5. The average Bonchev–Trinajstić information content (AvgIpc) is 2.36. The summed E-state index contributed by atoms with van der Waals surface area (Å²) in [5, 5.41) is 7.87. The van der Waals surface area contributed by atoms with E-state index in [1.165, 1.54) is 6.07 Å². The predicted molar refractivity (Wildman–Crippen MR) is 73.4 cm³/mol. The van der Waals surface area contributed by atoms with Crippen LogP contribution in [-0.4, -0.2) is 25.4 Å². The molecule has 0 fully saturated rings. The van der Waals surface area contributed by atoms with E-state index in [1.807, 2.05) is 0 Å². The van der Waals surface area contributed by atoms with E-state index < -0.39 is 15.8 Å². The van der Waals surface area contributed by atoms with Crippen LogP contribution in [0.15, 0.2) is 29.2 Å². The molecule has 0 aliphatic heterocycles. The van der Waals surface area contributed by atoms with E-state index in [0.29, 0.717) is 0 Å². The Morgan fingerprint density at radius 2 is 2.00 bits per heavy atom. The number of anilines is 1. The van der Waals surface area contributed by atoms with Crippen LogP contribution in [0.25, 0.3) is 11.3 Å². The van der Waals surface area contributed by atoms with E-state index in [9.17, 15) is 12.8 Å². The summed E-state index contributed by atoms with van der Waals surface area (Å²) in [6.07, 6.45) is 0. The first-order valence-corrected chi connectivity index (χ1v) is 7.29. The molecule has 2 rings (SSSR count). The molecular formula is C11H10ClFN4O2S. The first-order valence-electron chi connectivity index (χ1n) is 5.36. The predicted octanol–water partition coefficient (Wildman–Crippen LogP) is 1.63. The Hall–Kier alpha value is -1.77. The van der Waals surface area contributed by atoms with Gasteiger partial charge in [-0.25, -0.2) is 27.9 Å². The first kappa shape index (κ1) is 14.6. The fraction of sp³-hybridized carbons (Fsp3) is 0.0909. The molecule has 1 heterocycles. The number of hydrogen-bond donors (Lipinski definition) is 2. The standard InChI is InChI=1S/C11H10ClFN4O2S/c1-15-11-16-8(5-10(12)17-11)7-4-6(13)2-3-9(7)20(14,18)19/h2-5H,1H3,(H2,14,18,19)(H,15,16,17). The van der Waals surface area contributed by atoms with E-state index in [0.717, 1.165) is 18.2 Å². The van der Waals surface area contributed by atoms with Gasteiger partial charge in [0.05, 0.1) is 10.6 Å². The molecule has 0 saturated carbocycles. The van der Waals surface area contributed by atoms with Gasteiger partial charge >= 0.3 is 0 Å². The van der Waals surface area contributed by atoms with Gasteiger partial charge in [-0.05, 0) is 18.2 Å². The Morgan fingerprint density at radius 1 is 1.30 bits per heavy atom. The zero-order valence-corrected chi connectivity index (χ0v) is 11.8. The van der Waals surface area contributed by atoms with Gasteiger partial charge < -0.3 is 5.32 Å². The second-order valence-corrected chi connectivity index (χ2v) is 5.75. The van der Waals surface area contributed by atoms with Crippen molar-refractivity contribution in [1.82, 2.24) is 9.97 Å². The van der Waals surface area contributed by atoms with Crippen LogP contribution in [-0.2, 0) is 10.0 Å². The summed E-state index contributed by atoms with van der Waals surface area (Å²) in [6.45, 7) is 0. The quantitative estimate of drug-likeness (QED) is 0.839. The summed E-state index contributed by atoms with van der Waals surface area (Å²) in [6, 6.07) is 4.43. The molecule has 2 aromatic rings. The summed E-state index contributed by atoms with van der Waals surface area (Å²) >= 11 is 5.82. The molecule has 0 unspecified atom stereocenters. The van der Waals surface area contributed by atoms with Gasteiger partial charge in [-0.3, -0.25) is 0 Å². The van der Waals surface area contributed by atoms with Crippen LogP contribution in [0.1, 0.15) is 0 Å². The zero-order chi connectivity index (χ0) is 14.9. The highest BCUT2D eigenvalue weighted by Crippen LogP contribution is 2.28. The SMILES string of the molecule is CNc1nc(Cl)cc(-c2cc(F)ccc2S(N)(=O)=O)n1. The Kier molecular flexibility index (Phi) is 3.89. The number of rotatable bonds is 3. The van der Waals surface area contributed by atoms with Crippen LogP contribution in [0, 0.1) is 5.82 Å². The Morgan fingerprint density at radius 3 is 2.60 bits per heavy atom. The van der Waals surface area contributed by atoms with E-state index >= 15 is 0 Å². The molecule has 6 nitrogen and oxygen atoms in total. The number of sulfonamides is 1. The van der Waals surface area contributed by atoms with Crippen LogP contribution < -0.4 is 10.5 Å². The van der Waals surface area contributed by atoms with Crippen molar-refractivity contribution in [1.29, 1.82) is 0 Å². The van der Waals surface area contributed by atoms with Crippen molar-refractivity contribution < 1.29 is 12.8 Å². The van der Waals surface area contributed by atoms with E-state index in [2.05, 4.69) is 15.3 Å². The monoisotopic (exact) mass is 316 g/mol. The highest BCUT2D eigenvalue weighted by Gasteiger charge is 2.18. The third-order valence-electron chi connectivity index (χ3n) is 2.44. The molecule has 106 valence electrons. The van der Waals surface area contributed by atoms with Crippen molar-refractivity contribution in [3.8, 4) is 11.3 Å². The number of nitrogens with two attached hydrogens (primary N) is 1. The number of halogens is 2. The molecular weight excluding hydrogens is 307 g/mol. The summed E-state index contributed by atoms with van der Waals surface area (Å²) in [5.74, 6) is -0.440. The molecule has 9 heteroatoms. The third-order valence-corrected chi connectivity index (χ3v) is 3.61. The minimum absolute atomic E-state index is 0.0216. The third kappa shape index (κ3) is 3.03. The fourth-order valence-corrected chi connectivity index (χ4v) is 2.53. The van der Waals surface area contributed by atoms with E-state index in [4.69, 9.17) is 16.7 Å². The van der Waals surface area contributed by atoms with E-state index in [1.54, 1.807) is 7.05 Å². The number of nitrogens with one attached hydrogen (secondary N) is 1. The average molecular weight is 317 g/mol. The van der Waals surface area contributed by atoms with Crippen molar-refractivity contribution in [3.05, 3.63) is 35.2 Å². The van der Waals surface area contributed by atoms with Crippen LogP contribution in [0.4, 0.5) is 10.3 Å². The van der Waals surface area contributed by atoms with Crippen molar-refractivity contribution in [2.75, 3.05) is 12.4 Å². The first-order chi connectivity index (χ1) is 9.31. The molecule has 1 aromatic carbocycles. The Balaban J connectivity index is 2.75. The molecule has 3 N–H and O–H groups in total. The van der Waals surface area contributed by atoms with Gasteiger partial charge in [0.25, 0.3) is 0 Å². The van der Waals surface area contributed by atoms with E-state index in [-0.39, 0.29) is 27.3 Å². The fourth-order valence-electron chi connectivity index (χ4n) is 1.62. The lowest BCUT2D eigenvalue weighted by Crippen LogP contribution is -2.14. The summed E-state index contributed by atoms with van der Waals surface area (Å²) in [5.41, 5.74) is 0.172. The molecule has 0 aliphatic carbocycles. The maximum absolute atomic E-state index is 13.4. The second-order valence-electron chi connectivity index (χ2n) is 3.84. The maximum atomic E-state index is 13.4. The Labute approximate surface area is 119 Å². The molecule has 1 aromatic heterocycles. The molecule has 0 saturated heterocycles. The Bertz CT molecular complexity index is 767.